The first-order valence-electron chi connectivity index (χ1n) is 15.1. The van der Waals surface area contributed by atoms with Gasteiger partial charge >= 0.3 is 20.2 Å². The molecule has 0 N–H and O–H groups in total. The van der Waals surface area contributed by atoms with Crippen LogP contribution in [0.4, 0.5) is 0 Å². The van der Waals surface area contributed by atoms with E-state index in [2.05, 4.69) is 0 Å². The fraction of sp³-hybridized carbons (Fsp3) is 0.135. The Balaban J connectivity index is 1.42. The molecule has 8 nitrogen and oxygen atoms in total. The summed E-state index contributed by atoms with van der Waals surface area (Å²) in [5, 5.41) is 0. The molecule has 0 saturated carbocycles. The highest BCUT2D eigenvalue weighted by molar-refractivity contribution is 7.87. The monoisotopic (exact) mass is 662 g/mol. The summed E-state index contributed by atoms with van der Waals surface area (Å²) in [6.45, 7) is 0. The van der Waals surface area contributed by atoms with Crippen LogP contribution in [0.2, 0.25) is 0 Å². The van der Waals surface area contributed by atoms with Crippen LogP contribution in [0.25, 0.3) is 0 Å². The van der Waals surface area contributed by atoms with E-state index in [0.717, 1.165) is 22.3 Å². The fourth-order valence-corrected chi connectivity index (χ4v) is 7.70. The van der Waals surface area contributed by atoms with Gasteiger partial charge in [0.2, 0.25) is 11.8 Å². The Hall–Kier alpha value is -5.06. The Labute approximate surface area is 274 Å². The molecule has 10 heteroatoms. The van der Waals surface area contributed by atoms with Gasteiger partial charge in [-0.1, -0.05) is 115 Å². The quantitative estimate of drug-likeness (QED) is 0.0958. The van der Waals surface area contributed by atoms with Crippen molar-refractivity contribution >= 4 is 32.0 Å². The summed E-state index contributed by atoms with van der Waals surface area (Å²) in [4.78, 5) is 9.71. The average Bonchev–Trinajstić information content (AvgIpc) is 3.10. The SMILES string of the molecule is O=S(=O)(OC(=NC1Cc2ccc1cc2)C(C(=NC1Cc2ccc1cc2)OS(=O)(=O)c1ccccc1)c1ccccc1)c1ccccc1. The van der Waals surface area contributed by atoms with E-state index in [1.54, 1.807) is 60.7 Å². The summed E-state index contributed by atoms with van der Waals surface area (Å²) in [7, 11) is -8.84. The van der Waals surface area contributed by atoms with E-state index >= 15 is 0 Å². The summed E-state index contributed by atoms with van der Waals surface area (Å²) in [5.41, 5.74) is 4.28. The van der Waals surface area contributed by atoms with Crippen molar-refractivity contribution in [3.8, 4) is 0 Å². The lowest BCUT2D eigenvalue weighted by atomic mass is 9.90. The molecule has 2 atom stereocenters. The maximum Gasteiger partial charge on any atom is 0.340 e. The molecule has 5 aromatic carbocycles. The van der Waals surface area contributed by atoms with Gasteiger partial charge in [-0.05, 0) is 64.9 Å². The molecular weight excluding hydrogens is 633 g/mol. The van der Waals surface area contributed by atoms with Crippen LogP contribution in [0, 0.1) is 0 Å². The number of rotatable bonds is 9. The van der Waals surface area contributed by atoms with Crippen LogP contribution < -0.4 is 0 Å². The topological polar surface area (TPSA) is 111 Å². The molecule has 0 aromatic heterocycles. The first-order valence-corrected chi connectivity index (χ1v) is 17.9. The van der Waals surface area contributed by atoms with Crippen LogP contribution in [-0.2, 0) is 41.4 Å². The third-order valence-corrected chi connectivity index (χ3v) is 10.7. The minimum Gasteiger partial charge on any atom is -0.362 e. The predicted octanol–water partition coefficient (Wildman–Crippen LogP) is 6.97. The van der Waals surface area contributed by atoms with Gasteiger partial charge in [0.05, 0.1) is 12.1 Å². The number of nitrogens with zero attached hydrogens (tertiary/aromatic N) is 2. The molecule has 0 spiro atoms. The third-order valence-electron chi connectivity index (χ3n) is 8.23. The highest BCUT2D eigenvalue weighted by Crippen LogP contribution is 2.35. The van der Waals surface area contributed by atoms with E-state index in [1.165, 1.54) is 24.3 Å². The lowest BCUT2D eigenvalue weighted by Crippen LogP contribution is -2.31. The second-order valence-electron chi connectivity index (χ2n) is 11.4. The van der Waals surface area contributed by atoms with Gasteiger partial charge in [-0.3, -0.25) is 0 Å². The molecule has 0 amide bonds. The van der Waals surface area contributed by atoms with E-state index in [0.29, 0.717) is 18.4 Å². The zero-order valence-corrected chi connectivity index (χ0v) is 26.7. The van der Waals surface area contributed by atoms with Gasteiger partial charge in [0.15, 0.2) is 0 Å². The van der Waals surface area contributed by atoms with Crippen molar-refractivity contribution in [3.05, 3.63) is 167 Å². The predicted molar refractivity (Wildman–Crippen MR) is 179 cm³/mol. The highest BCUT2D eigenvalue weighted by atomic mass is 32.2. The van der Waals surface area contributed by atoms with Crippen molar-refractivity contribution in [3.63, 3.8) is 0 Å². The van der Waals surface area contributed by atoms with Crippen molar-refractivity contribution in [2.24, 2.45) is 9.98 Å². The van der Waals surface area contributed by atoms with Gasteiger partial charge in [-0.2, -0.15) is 16.8 Å². The van der Waals surface area contributed by atoms with Gasteiger partial charge < -0.3 is 8.37 Å². The molecule has 236 valence electrons. The fourth-order valence-electron chi connectivity index (χ4n) is 5.80. The summed E-state index contributed by atoms with van der Waals surface area (Å²) in [5.74, 6) is -1.75. The lowest BCUT2D eigenvalue weighted by Gasteiger charge is -2.27. The van der Waals surface area contributed by atoms with Crippen LogP contribution in [0.3, 0.4) is 0 Å². The summed E-state index contributed by atoms with van der Waals surface area (Å²) < 4.78 is 67.3. The standard InChI is InChI=1S/C37H30N2O6S2/c40-46(41,31-12-6-2-7-13-31)44-36(38-33-24-26-16-20-28(33)21-17-26)35(30-10-4-1-5-11-30)37(39-34-25-27-18-22-29(34)23-19-27)45-47(42,43)32-14-8-3-9-15-32/h1-23,33-35H,24-25H2. The van der Waals surface area contributed by atoms with Gasteiger partial charge in [-0.25, -0.2) is 9.98 Å². The number of aliphatic imine (C=N–C) groups is 2. The molecule has 0 saturated heterocycles. The molecule has 5 aromatic rings. The number of hydrogen-bond acceptors (Lipinski definition) is 8. The van der Waals surface area contributed by atoms with E-state index < -0.39 is 38.2 Å². The largest absolute Gasteiger partial charge is 0.362 e. The Morgan fingerprint density at radius 3 is 1.21 bits per heavy atom. The van der Waals surface area contributed by atoms with Gasteiger partial charge in [0.25, 0.3) is 0 Å². The van der Waals surface area contributed by atoms with Crippen LogP contribution in [-0.4, -0.2) is 28.6 Å². The van der Waals surface area contributed by atoms with E-state index in [-0.39, 0.29) is 21.6 Å². The Kier molecular flexibility index (Phi) is 8.21. The lowest BCUT2D eigenvalue weighted by molar-refractivity contribution is 0.450. The highest BCUT2D eigenvalue weighted by Gasteiger charge is 2.37. The maximum absolute atomic E-state index is 13.8. The van der Waals surface area contributed by atoms with Gasteiger partial charge in [0, 0.05) is 0 Å². The Bertz CT molecular complexity index is 2010. The van der Waals surface area contributed by atoms with Gasteiger partial charge in [-0.15, -0.1) is 0 Å². The van der Waals surface area contributed by atoms with E-state index in [4.69, 9.17) is 18.4 Å². The van der Waals surface area contributed by atoms with Crippen molar-refractivity contribution in [1.29, 1.82) is 0 Å². The van der Waals surface area contributed by atoms with Crippen LogP contribution in [0.15, 0.2) is 159 Å². The normalized spacial score (nSPS) is 18.1. The van der Waals surface area contributed by atoms with E-state index in [1.807, 2.05) is 54.6 Å². The number of benzene rings is 5. The summed E-state index contributed by atoms with van der Waals surface area (Å²) in [6.07, 6.45) is 1.04. The number of fused-ring (bicyclic) bond motifs is 6. The third kappa shape index (κ3) is 6.61. The van der Waals surface area contributed by atoms with Crippen molar-refractivity contribution in [2.45, 2.75) is 40.6 Å². The smallest absolute Gasteiger partial charge is 0.340 e. The molecule has 0 heterocycles. The van der Waals surface area contributed by atoms with Gasteiger partial charge in [0.1, 0.15) is 15.7 Å². The summed E-state index contributed by atoms with van der Waals surface area (Å²) in [6, 6.07) is 39.1. The molecule has 4 aliphatic carbocycles. The van der Waals surface area contributed by atoms with E-state index in [9.17, 15) is 16.8 Å². The minimum absolute atomic E-state index is 0.0744. The molecule has 4 bridgehead atoms. The number of hydrogen-bond donors (Lipinski definition) is 0. The van der Waals surface area contributed by atoms with Crippen molar-refractivity contribution < 1.29 is 25.2 Å². The first-order chi connectivity index (χ1) is 22.7. The van der Waals surface area contributed by atoms with Crippen molar-refractivity contribution in [2.75, 3.05) is 0 Å². The Morgan fingerprint density at radius 2 is 0.872 bits per heavy atom. The Morgan fingerprint density at radius 1 is 0.511 bits per heavy atom. The molecular formula is C37H30N2O6S2. The zero-order valence-electron chi connectivity index (χ0n) is 25.1. The summed E-state index contributed by atoms with van der Waals surface area (Å²) >= 11 is 0. The first kappa shape index (κ1) is 30.6. The van der Waals surface area contributed by atoms with Crippen LogP contribution >= 0.6 is 0 Å². The van der Waals surface area contributed by atoms with Crippen LogP contribution in [0.1, 0.15) is 45.8 Å². The molecule has 0 fully saturated rings. The molecule has 4 aliphatic rings. The minimum atomic E-state index is -4.42. The van der Waals surface area contributed by atoms with Crippen LogP contribution in [0.5, 0.6) is 0 Å². The molecule has 0 radical (unpaired) electrons. The second-order valence-corrected chi connectivity index (χ2v) is 14.5. The molecule has 0 aliphatic heterocycles. The second kappa shape index (κ2) is 12.6. The average molecular weight is 663 g/mol. The molecule has 2 unspecified atom stereocenters. The zero-order chi connectivity index (χ0) is 32.4. The maximum atomic E-state index is 13.8. The molecule has 9 rings (SSSR count). The van der Waals surface area contributed by atoms with Crippen molar-refractivity contribution in [1.82, 2.24) is 0 Å². The molecule has 47 heavy (non-hydrogen) atoms.